The zero-order valence-electron chi connectivity index (χ0n) is 17.6. The number of alkyl halides is 2. The second-order valence-electron chi connectivity index (χ2n) is 7.41. The second kappa shape index (κ2) is 7.93. The Morgan fingerprint density at radius 3 is 2.68 bits per heavy atom. The van der Waals surface area contributed by atoms with Crippen LogP contribution in [0.15, 0.2) is 35.1 Å². The molecule has 0 spiro atoms. The highest BCUT2D eigenvalue weighted by molar-refractivity contribution is 5.86. The fraction of sp³-hybridized carbons (Fsp3) is 0.333. The minimum absolute atomic E-state index is 0.161. The lowest BCUT2D eigenvalue weighted by Crippen LogP contribution is -2.30. The molecule has 162 valence electrons. The first kappa shape index (κ1) is 20.7. The molecule has 0 radical (unpaired) electrons. The Labute approximate surface area is 176 Å². The highest BCUT2D eigenvalue weighted by Crippen LogP contribution is 2.33. The number of rotatable bonds is 6. The lowest BCUT2D eigenvalue weighted by atomic mass is 10.1. The Morgan fingerprint density at radius 1 is 1.29 bits per heavy atom. The number of furan rings is 1. The van der Waals surface area contributed by atoms with E-state index in [2.05, 4.69) is 20.5 Å². The van der Waals surface area contributed by atoms with Gasteiger partial charge in [-0.05, 0) is 39.0 Å². The molecular weight excluding hydrogens is 406 g/mol. The molecule has 4 heterocycles. The summed E-state index contributed by atoms with van der Waals surface area (Å²) < 4.78 is 36.0. The third-order valence-corrected chi connectivity index (χ3v) is 5.33. The predicted molar refractivity (Wildman–Crippen MR) is 109 cm³/mol. The number of nitrogens with zero attached hydrogens (tertiary/aromatic N) is 5. The van der Waals surface area contributed by atoms with E-state index in [1.54, 1.807) is 29.9 Å². The molecule has 0 aliphatic carbocycles. The summed E-state index contributed by atoms with van der Waals surface area (Å²) in [6, 6.07) is 4.33. The maximum absolute atomic E-state index is 13.8. The van der Waals surface area contributed by atoms with Crippen LogP contribution in [0.2, 0.25) is 0 Å². The van der Waals surface area contributed by atoms with Crippen LogP contribution in [0.5, 0.6) is 0 Å². The Hall–Kier alpha value is -3.56. The number of carbonyl (C=O) groups is 1. The number of hydrogen-bond donors (Lipinski definition) is 1. The molecule has 0 aliphatic heterocycles. The number of carbonyl (C=O) groups excluding carboxylic acids is 1. The molecule has 1 amide bonds. The number of aromatic nitrogens is 5. The molecule has 4 aromatic rings. The lowest BCUT2D eigenvalue weighted by Gasteiger charge is -2.14. The van der Waals surface area contributed by atoms with E-state index < -0.39 is 6.43 Å². The van der Waals surface area contributed by atoms with Crippen molar-refractivity contribution in [1.29, 1.82) is 0 Å². The lowest BCUT2D eigenvalue weighted by molar-refractivity contribution is -0.122. The number of fused-ring (bicyclic) bond motifs is 1. The highest BCUT2D eigenvalue weighted by atomic mass is 19.3. The SMILES string of the molecule is Cc1nn(CC(=O)NC(C)c2cnn(C)c2C)c2nc(-c3ccco3)cc(C(F)F)c12. The molecule has 0 fully saturated rings. The summed E-state index contributed by atoms with van der Waals surface area (Å²) in [5.74, 6) is 0.0447. The molecule has 1 atom stereocenters. The third-order valence-electron chi connectivity index (χ3n) is 5.33. The quantitative estimate of drug-likeness (QED) is 0.504. The molecule has 0 aromatic carbocycles. The van der Waals surface area contributed by atoms with Crippen molar-refractivity contribution in [3.8, 4) is 11.5 Å². The van der Waals surface area contributed by atoms with Gasteiger partial charge in [-0.3, -0.25) is 9.48 Å². The van der Waals surface area contributed by atoms with Crippen molar-refractivity contribution >= 4 is 16.9 Å². The van der Waals surface area contributed by atoms with Crippen LogP contribution in [0.25, 0.3) is 22.5 Å². The van der Waals surface area contributed by atoms with Crippen LogP contribution in [0, 0.1) is 13.8 Å². The highest BCUT2D eigenvalue weighted by Gasteiger charge is 2.23. The smallest absolute Gasteiger partial charge is 0.264 e. The van der Waals surface area contributed by atoms with Crippen molar-refractivity contribution in [3.05, 3.63) is 53.2 Å². The van der Waals surface area contributed by atoms with Crippen LogP contribution in [0.1, 0.15) is 41.9 Å². The van der Waals surface area contributed by atoms with Gasteiger partial charge >= 0.3 is 0 Å². The van der Waals surface area contributed by atoms with E-state index in [0.717, 1.165) is 11.3 Å². The zero-order chi connectivity index (χ0) is 22.3. The van der Waals surface area contributed by atoms with Crippen molar-refractivity contribution in [3.63, 3.8) is 0 Å². The van der Waals surface area contributed by atoms with Gasteiger partial charge in [0.05, 0.1) is 29.6 Å². The minimum atomic E-state index is -2.72. The van der Waals surface area contributed by atoms with Gasteiger partial charge in [0, 0.05) is 23.9 Å². The van der Waals surface area contributed by atoms with Gasteiger partial charge in [0.1, 0.15) is 12.2 Å². The zero-order valence-corrected chi connectivity index (χ0v) is 17.6. The number of nitrogens with one attached hydrogen (secondary N) is 1. The van der Waals surface area contributed by atoms with Gasteiger partial charge in [-0.15, -0.1) is 0 Å². The summed E-state index contributed by atoms with van der Waals surface area (Å²) >= 11 is 0. The Balaban J connectivity index is 1.67. The average molecular weight is 428 g/mol. The first-order valence-corrected chi connectivity index (χ1v) is 9.74. The van der Waals surface area contributed by atoms with Crippen LogP contribution in [0.3, 0.4) is 0 Å². The molecule has 0 saturated carbocycles. The summed E-state index contributed by atoms with van der Waals surface area (Å²) in [7, 11) is 1.83. The standard InChI is InChI=1S/C21H22F2N6O2/c1-11(15-9-24-28(4)13(15)3)25-18(30)10-29-21-19(12(2)27-29)14(20(22)23)8-16(26-21)17-6-5-7-31-17/h5-9,11,20H,10H2,1-4H3,(H,25,30). The molecule has 31 heavy (non-hydrogen) atoms. The Bertz CT molecular complexity index is 1240. The largest absolute Gasteiger partial charge is 0.463 e. The van der Waals surface area contributed by atoms with Crippen LogP contribution >= 0.6 is 0 Å². The third kappa shape index (κ3) is 3.80. The normalized spacial score (nSPS) is 12.6. The van der Waals surface area contributed by atoms with Gasteiger partial charge in [0.15, 0.2) is 11.4 Å². The molecule has 0 aliphatic rings. The van der Waals surface area contributed by atoms with E-state index in [1.165, 1.54) is 17.0 Å². The van der Waals surface area contributed by atoms with E-state index in [9.17, 15) is 13.6 Å². The van der Waals surface area contributed by atoms with Gasteiger partial charge in [-0.1, -0.05) is 0 Å². The molecule has 10 heteroatoms. The summed E-state index contributed by atoms with van der Waals surface area (Å²) in [4.78, 5) is 17.2. The molecule has 0 saturated heterocycles. The van der Waals surface area contributed by atoms with Crippen molar-refractivity contribution in [2.24, 2.45) is 7.05 Å². The number of amides is 1. The van der Waals surface area contributed by atoms with Gasteiger partial charge in [-0.25, -0.2) is 18.4 Å². The summed E-state index contributed by atoms with van der Waals surface area (Å²) in [6.45, 7) is 5.24. The molecule has 0 bridgehead atoms. The fourth-order valence-electron chi connectivity index (χ4n) is 3.66. The molecule has 4 rings (SSSR count). The topological polar surface area (TPSA) is 90.8 Å². The van der Waals surface area contributed by atoms with Crippen molar-refractivity contribution in [2.75, 3.05) is 0 Å². The van der Waals surface area contributed by atoms with E-state index in [1.807, 2.05) is 20.9 Å². The molecule has 1 unspecified atom stereocenters. The maximum Gasteiger partial charge on any atom is 0.264 e. The van der Waals surface area contributed by atoms with E-state index >= 15 is 0 Å². The van der Waals surface area contributed by atoms with Crippen LogP contribution in [-0.2, 0) is 18.4 Å². The van der Waals surface area contributed by atoms with Gasteiger partial charge < -0.3 is 9.73 Å². The van der Waals surface area contributed by atoms with Crippen molar-refractivity contribution in [2.45, 2.75) is 39.8 Å². The summed E-state index contributed by atoms with van der Waals surface area (Å²) in [6.07, 6.45) is 0.430. The van der Waals surface area contributed by atoms with Gasteiger partial charge in [0.25, 0.3) is 6.43 Å². The summed E-state index contributed by atoms with van der Waals surface area (Å²) in [5, 5.41) is 11.7. The fourth-order valence-corrected chi connectivity index (χ4v) is 3.66. The number of aryl methyl sites for hydroxylation is 2. The van der Waals surface area contributed by atoms with E-state index in [0.29, 0.717) is 11.5 Å². The van der Waals surface area contributed by atoms with Gasteiger partial charge in [0.2, 0.25) is 5.91 Å². The van der Waals surface area contributed by atoms with Crippen molar-refractivity contribution < 1.29 is 18.0 Å². The van der Waals surface area contributed by atoms with Crippen LogP contribution < -0.4 is 5.32 Å². The minimum Gasteiger partial charge on any atom is -0.463 e. The summed E-state index contributed by atoms with van der Waals surface area (Å²) in [5.41, 5.74) is 2.50. The second-order valence-corrected chi connectivity index (χ2v) is 7.41. The van der Waals surface area contributed by atoms with Crippen LogP contribution in [-0.4, -0.2) is 30.5 Å². The van der Waals surface area contributed by atoms with E-state index in [-0.39, 0.29) is 40.8 Å². The first-order valence-electron chi connectivity index (χ1n) is 9.74. The molecule has 4 aromatic heterocycles. The number of halogens is 2. The van der Waals surface area contributed by atoms with E-state index in [4.69, 9.17) is 4.42 Å². The number of hydrogen-bond acceptors (Lipinski definition) is 5. The monoisotopic (exact) mass is 428 g/mol. The number of pyridine rings is 1. The van der Waals surface area contributed by atoms with Gasteiger partial charge in [-0.2, -0.15) is 10.2 Å². The average Bonchev–Trinajstić information content (AvgIpc) is 3.43. The Kier molecular flexibility index (Phi) is 5.30. The predicted octanol–water partition coefficient (Wildman–Crippen LogP) is 3.86. The molecule has 1 N–H and O–H groups in total. The molecular formula is C21H22F2N6O2. The van der Waals surface area contributed by atoms with Crippen LogP contribution in [0.4, 0.5) is 8.78 Å². The maximum atomic E-state index is 13.8. The van der Waals surface area contributed by atoms with Crippen molar-refractivity contribution in [1.82, 2.24) is 29.9 Å². The Morgan fingerprint density at radius 2 is 2.06 bits per heavy atom. The first-order chi connectivity index (χ1) is 14.8. The molecule has 8 nitrogen and oxygen atoms in total.